The smallest absolute Gasteiger partial charge is 0.225 e. The van der Waals surface area contributed by atoms with Crippen LogP contribution in [-0.4, -0.2) is 83.3 Å². The molecule has 12 heteroatoms. The van der Waals surface area contributed by atoms with E-state index in [0.717, 1.165) is 31.1 Å². The predicted molar refractivity (Wildman–Crippen MR) is 146 cm³/mol. The summed E-state index contributed by atoms with van der Waals surface area (Å²) in [5.74, 6) is 1.31. The molecular weight excluding hydrogens is 522 g/mol. The highest BCUT2D eigenvalue weighted by Gasteiger charge is 2.31. The standard InChI is InChI=1S/C27H35N5O6S/c1-39(35,36)17-3-16-37-23-5-2-4-21-24(31-38-25(21)23)22-10-13-28-27(30-22)29-19-8-6-18(7-9-19)26(34)32-14-11-20(33)12-15-32/h2,4-5,10,13,18-20,33H,3,6-9,11-12,14-17H2,1H3,(H,28,29,30)/t18-,19-. The molecule has 1 saturated carbocycles. The number of benzene rings is 1. The third kappa shape index (κ3) is 6.85. The van der Waals surface area contributed by atoms with E-state index in [1.54, 1.807) is 18.3 Å². The third-order valence-electron chi connectivity index (χ3n) is 7.46. The Labute approximate surface area is 227 Å². The van der Waals surface area contributed by atoms with Gasteiger partial charge < -0.3 is 24.6 Å². The molecule has 0 unspecified atom stereocenters. The van der Waals surface area contributed by atoms with Crippen molar-refractivity contribution in [1.82, 2.24) is 20.0 Å². The number of carbonyl (C=O) groups is 1. The largest absolute Gasteiger partial charge is 0.490 e. The second-order valence-electron chi connectivity index (χ2n) is 10.5. The number of aliphatic hydroxyl groups excluding tert-OH is 1. The van der Waals surface area contributed by atoms with Gasteiger partial charge in [-0.15, -0.1) is 0 Å². The minimum absolute atomic E-state index is 0.0369. The molecule has 0 bridgehead atoms. The number of hydrogen-bond acceptors (Lipinski definition) is 10. The van der Waals surface area contributed by atoms with Crippen molar-refractivity contribution in [1.29, 1.82) is 0 Å². The van der Waals surface area contributed by atoms with Gasteiger partial charge in [0.15, 0.2) is 5.75 Å². The number of carbonyl (C=O) groups excluding carboxylic acids is 1. The molecule has 2 N–H and O–H groups in total. The molecule has 210 valence electrons. The van der Waals surface area contributed by atoms with E-state index < -0.39 is 9.84 Å². The number of nitrogens with zero attached hydrogens (tertiary/aromatic N) is 4. The normalized spacial score (nSPS) is 20.7. The molecular formula is C27H35N5O6S. The van der Waals surface area contributed by atoms with Crippen LogP contribution in [0.4, 0.5) is 5.95 Å². The number of amides is 1. The lowest BCUT2D eigenvalue weighted by Crippen LogP contribution is -2.44. The lowest BCUT2D eigenvalue weighted by Gasteiger charge is -2.35. The van der Waals surface area contributed by atoms with Gasteiger partial charge >= 0.3 is 0 Å². The number of fused-ring (bicyclic) bond motifs is 1. The van der Waals surface area contributed by atoms with Crippen LogP contribution in [-0.2, 0) is 14.6 Å². The monoisotopic (exact) mass is 557 g/mol. The highest BCUT2D eigenvalue weighted by atomic mass is 32.2. The Balaban J connectivity index is 1.19. The van der Waals surface area contributed by atoms with Crippen LogP contribution in [0.3, 0.4) is 0 Å². The highest BCUT2D eigenvalue weighted by molar-refractivity contribution is 7.90. The van der Waals surface area contributed by atoms with Gasteiger partial charge in [-0.2, -0.15) is 0 Å². The summed E-state index contributed by atoms with van der Waals surface area (Å²) in [7, 11) is -3.04. The molecule has 3 aromatic rings. The second kappa shape index (κ2) is 11.9. The number of anilines is 1. The molecule has 1 aliphatic carbocycles. The fourth-order valence-electron chi connectivity index (χ4n) is 5.31. The van der Waals surface area contributed by atoms with E-state index in [9.17, 15) is 18.3 Å². The number of rotatable bonds is 9. The van der Waals surface area contributed by atoms with Crippen molar-refractivity contribution in [2.75, 3.05) is 37.0 Å². The molecule has 3 heterocycles. The number of sulfone groups is 1. The van der Waals surface area contributed by atoms with Gasteiger partial charge in [-0.1, -0.05) is 11.2 Å². The summed E-state index contributed by atoms with van der Waals surface area (Å²) >= 11 is 0. The van der Waals surface area contributed by atoms with Crippen LogP contribution in [0.2, 0.25) is 0 Å². The quantitative estimate of drug-likeness (QED) is 0.376. The Bertz CT molecular complexity index is 1390. The molecule has 0 radical (unpaired) electrons. The number of para-hydroxylation sites is 1. The number of nitrogens with one attached hydrogen (secondary N) is 1. The zero-order valence-corrected chi connectivity index (χ0v) is 22.9. The van der Waals surface area contributed by atoms with E-state index in [1.807, 2.05) is 17.0 Å². The van der Waals surface area contributed by atoms with Gasteiger partial charge in [-0.3, -0.25) is 4.79 Å². The van der Waals surface area contributed by atoms with E-state index in [1.165, 1.54) is 6.26 Å². The van der Waals surface area contributed by atoms with Gasteiger partial charge in [0.05, 0.1) is 29.5 Å². The Morgan fingerprint density at radius 1 is 1.15 bits per heavy atom. The lowest BCUT2D eigenvalue weighted by molar-refractivity contribution is -0.138. The molecule has 1 aliphatic heterocycles. The summed E-state index contributed by atoms with van der Waals surface area (Å²) in [5.41, 5.74) is 1.65. The average Bonchev–Trinajstić information content (AvgIpc) is 3.36. The van der Waals surface area contributed by atoms with Gasteiger partial charge in [-0.25, -0.2) is 18.4 Å². The van der Waals surface area contributed by atoms with E-state index in [0.29, 0.717) is 61.0 Å². The average molecular weight is 558 g/mol. The van der Waals surface area contributed by atoms with Crippen molar-refractivity contribution in [3.8, 4) is 17.1 Å². The summed E-state index contributed by atoms with van der Waals surface area (Å²) in [6.07, 6.45) is 7.65. The Kier molecular flexibility index (Phi) is 8.31. The van der Waals surface area contributed by atoms with Gasteiger partial charge in [-0.05, 0) is 63.1 Å². The van der Waals surface area contributed by atoms with Crippen molar-refractivity contribution in [3.05, 3.63) is 30.5 Å². The first kappa shape index (κ1) is 27.3. The van der Waals surface area contributed by atoms with Crippen LogP contribution in [0, 0.1) is 5.92 Å². The summed E-state index contributed by atoms with van der Waals surface area (Å²) in [6.45, 7) is 1.54. The summed E-state index contributed by atoms with van der Waals surface area (Å²) in [6, 6.07) is 7.42. The van der Waals surface area contributed by atoms with Crippen LogP contribution >= 0.6 is 0 Å². The van der Waals surface area contributed by atoms with Crippen LogP contribution in [0.5, 0.6) is 5.75 Å². The first-order valence-electron chi connectivity index (χ1n) is 13.5. The van der Waals surface area contributed by atoms with Gasteiger partial charge in [0.2, 0.25) is 17.4 Å². The molecule has 2 aliphatic rings. The summed E-state index contributed by atoms with van der Waals surface area (Å²) in [5, 5.41) is 18.1. The molecule has 11 nitrogen and oxygen atoms in total. The maximum Gasteiger partial charge on any atom is 0.225 e. The van der Waals surface area contributed by atoms with Crippen LogP contribution in [0.1, 0.15) is 44.9 Å². The number of piperidine rings is 1. The number of aliphatic hydroxyl groups is 1. The van der Waals surface area contributed by atoms with Gasteiger partial charge in [0, 0.05) is 37.5 Å². The van der Waals surface area contributed by atoms with Gasteiger partial charge in [0.25, 0.3) is 0 Å². The fourth-order valence-corrected chi connectivity index (χ4v) is 5.95. The fraction of sp³-hybridized carbons (Fsp3) is 0.556. The molecule has 1 saturated heterocycles. The minimum atomic E-state index is -3.04. The van der Waals surface area contributed by atoms with Crippen molar-refractivity contribution < 1.29 is 27.6 Å². The molecule has 39 heavy (non-hydrogen) atoms. The minimum Gasteiger partial charge on any atom is -0.490 e. The molecule has 2 fully saturated rings. The van der Waals surface area contributed by atoms with Crippen molar-refractivity contribution in [3.63, 3.8) is 0 Å². The van der Waals surface area contributed by atoms with Crippen molar-refractivity contribution >= 4 is 32.7 Å². The van der Waals surface area contributed by atoms with E-state index in [4.69, 9.17) is 9.26 Å². The first-order valence-corrected chi connectivity index (χ1v) is 15.6. The van der Waals surface area contributed by atoms with Crippen LogP contribution < -0.4 is 10.1 Å². The topological polar surface area (TPSA) is 148 Å². The number of likely N-dealkylation sites (tertiary alicyclic amines) is 1. The Morgan fingerprint density at radius 3 is 2.67 bits per heavy atom. The first-order chi connectivity index (χ1) is 18.8. The zero-order chi connectivity index (χ0) is 27.4. The SMILES string of the molecule is CS(=O)(=O)CCCOc1cccc2c(-c3ccnc(N[C@H]4CC[C@H](C(=O)N5CCC(O)CC5)CC4)n3)noc12. The number of hydrogen-bond donors (Lipinski definition) is 2. The maximum absolute atomic E-state index is 12.9. The van der Waals surface area contributed by atoms with Crippen molar-refractivity contribution in [2.24, 2.45) is 5.92 Å². The molecule has 5 rings (SSSR count). The second-order valence-corrected chi connectivity index (χ2v) is 12.8. The van der Waals surface area contributed by atoms with E-state index in [-0.39, 0.29) is 36.3 Å². The summed E-state index contributed by atoms with van der Waals surface area (Å²) in [4.78, 5) is 23.9. The third-order valence-corrected chi connectivity index (χ3v) is 8.49. The number of aromatic nitrogens is 3. The molecule has 2 aromatic heterocycles. The van der Waals surface area contributed by atoms with Crippen LogP contribution in [0.15, 0.2) is 35.0 Å². The Hall–Kier alpha value is -3.25. The highest BCUT2D eigenvalue weighted by Crippen LogP contribution is 2.33. The zero-order valence-electron chi connectivity index (χ0n) is 22.1. The maximum atomic E-state index is 12.9. The number of ether oxygens (including phenoxy) is 1. The molecule has 1 amide bonds. The van der Waals surface area contributed by atoms with E-state index >= 15 is 0 Å². The Morgan fingerprint density at radius 2 is 1.92 bits per heavy atom. The lowest BCUT2D eigenvalue weighted by atomic mass is 9.85. The van der Waals surface area contributed by atoms with Crippen molar-refractivity contribution in [2.45, 2.75) is 57.1 Å². The molecule has 1 aromatic carbocycles. The summed E-state index contributed by atoms with van der Waals surface area (Å²) < 4.78 is 34.1. The molecule has 0 atom stereocenters. The predicted octanol–water partition coefficient (Wildman–Crippen LogP) is 3.05. The van der Waals surface area contributed by atoms with E-state index in [2.05, 4.69) is 20.4 Å². The molecule has 0 spiro atoms. The van der Waals surface area contributed by atoms with Crippen LogP contribution in [0.25, 0.3) is 22.4 Å². The van der Waals surface area contributed by atoms with Gasteiger partial charge in [0.1, 0.15) is 15.5 Å².